The summed E-state index contributed by atoms with van der Waals surface area (Å²) in [6.45, 7) is 1.31. The molecule has 6 nitrogen and oxygen atoms in total. The zero-order chi connectivity index (χ0) is 17.9. The van der Waals surface area contributed by atoms with E-state index >= 15 is 0 Å². The fourth-order valence-electron chi connectivity index (χ4n) is 2.27. The van der Waals surface area contributed by atoms with Gasteiger partial charge in [0.05, 0.1) is 17.7 Å². The summed E-state index contributed by atoms with van der Waals surface area (Å²) < 4.78 is 28.9. The first-order valence-electron chi connectivity index (χ1n) is 7.28. The van der Waals surface area contributed by atoms with E-state index in [0.717, 1.165) is 17.7 Å². The predicted molar refractivity (Wildman–Crippen MR) is 83.0 cm³/mol. The molecule has 1 unspecified atom stereocenters. The van der Waals surface area contributed by atoms with Crippen molar-refractivity contribution in [2.75, 3.05) is 6.54 Å². The maximum Gasteiger partial charge on any atom is 0.254 e. The van der Waals surface area contributed by atoms with Crippen molar-refractivity contribution < 1.29 is 18.4 Å². The molecule has 0 spiro atoms. The fourth-order valence-corrected chi connectivity index (χ4v) is 2.27. The zero-order valence-electron chi connectivity index (χ0n) is 13.3. The molecule has 0 bridgehead atoms. The number of nitrogens with two attached hydrogens (primary N) is 1. The molecule has 0 aliphatic rings. The first-order chi connectivity index (χ1) is 11.3. The van der Waals surface area contributed by atoms with Crippen LogP contribution in [0.15, 0.2) is 24.5 Å². The molecule has 2 amide bonds. The summed E-state index contributed by atoms with van der Waals surface area (Å²) in [4.78, 5) is 23.6. The highest BCUT2D eigenvalue weighted by atomic mass is 19.1. The molecule has 8 heteroatoms. The average molecular weight is 336 g/mol. The second kappa shape index (κ2) is 7.20. The Hall–Kier alpha value is -2.77. The third-order valence-electron chi connectivity index (χ3n) is 3.64. The molecule has 24 heavy (non-hydrogen) atoms. The van der Waals surface area contributed by atoms with Crippen LogP contribution in [0.3, 0.4) is 0 Å². The lowest BCUT2D eigenvalue weighted by Gasteiger charge is -2.14. The van der Waals surface area contributed by atoms with Crippen LogP contribution in [-0.4, -0.2) is 28.1 Å². The minimum Gasteiger partial charge on any atom is -0.369 e. The summed E-state index contributed by atoms with van der Waals surface area (Å²) in [7, 11) is 1.74. The van der Waals surface area contributed by atoms with E-state index in [0.29, 0.717) is 0 Å². The number of nitrogens with zero attached hydrogens (tertiary/aromatic N) is 2. The molecule has 0 radical (unpaired) electrons. The second-order valence-corrected chi connectivity index (χ2v) is 5.62. The first kappa shape index (κ1) is 17.6. The molecule has 3 N–H and O–H groups in total. The monoisotopic (exact) mass is 336 g/mol. The summed E-state index contributed by atoms with van der Waals surface area (Å²) in [6.07, 6.45) is 3.60. The largest absolute Gasteiger partial charge is 0.369 e. The third kappa shape index (κ3) is 4.15. The van der Waals surface area contributed by atoms with E-state index in [1.165, 1.54) is 6.92 Å². The highest BCUT2D eigenvalue weighted by molar-refractivity contribution is 5.94. The Morgan fingerprint density at radius 2 is 2.04 bits per heavy atom. The van der Waals surface area contributed by atoms with Crippen molar-refractivity contribution in [2.24, 2.45) is 18.7 Å². The molecule has 1 heterocycles. The number of amides is 2. The van der Waals surface area contributed by atoms with Crippen LogP contribution < -0.4 is 11.1 Å². The summed E-state index contributed by atoms with van der Waals surface area (Å²) in [5.41, 5.74) is 5.81. The number of primary amides is 1. The minimum atomic E-state index is -0.825. The van der Waals surface area contributed by atoms with Crippen LogP contribution in [0.5, 0.6) is 0 Å². The Morgan fingerprint density at radius 3 is 2.62 bits per heavy atom. The second-order valence-electron chi connectivity index (χ2n) is 5.62. The molecule has 0 fully saturated rings. The van der Waals surface area contributed by atoms with E-state index < -0.39 is 34.9 Å². The summed E-state index contributed by atoms with van der Waals surface area (Å²) in [5, 5.41) is 6.41. The topological polar surface area (TPSA) is 90.0 Å². The van der Waals surface area contributed by atoms with E-state index in [4.69, 9.17) is 5.73 Å². The zero-order valence-corrected chi connectivity index (χ0v) is 13.3. The Kier molecular flexibility index (Phi) is 5.28. The van der Waals surface area contributed by atoms with Crippen molar-refractivity contribution in [1.82, 2.24) is 15.1 Å². The number of rotatable bonds is 6. The van der Waals surface area contributed by atoms with E-state index in [9.17, 15) is 18.4 Å². The number of aryl methyl sites for hydroxylation is 2. The molecular weight excluding hydrogens is 318 g/mol. The van der Waals surface area contributed by atoms with Gasteiger partial charge in [-0.3, -0.25) is 14.3 Å². The Morgan fingerprint density at radius 1 is 1.33 bits per heavy atom. The van der Waals surface area contributed by atoms with Gasteiger partial charge in [-0.2, -0.15) is 5.10 Å². The molecule has 1 aromatic heterocycles. The van der Waals surface area contributed by atoms with Crippen molar-refractivity contribution in [3.63, 3.8) is 0 Å². The predicted octanol–water partition coefficient (Wildman–Crippen LogP) is 1.08. The van der Waals surface area contributed by atoms with Gasteiger partial charge in [0.1, 0.15) is 11.6 Å². The maximum atomic E-state index is 13.8. The van der Waals surface area contributed by atoms with Crippen LogP contribution in [0.25, 0.3) is 0 Å². The van der Waals surface area contributed by atoms with E-state index in [-0.39, 0.29) is 18.5 Å². The lowest BCUT2D eigenvalue weighted by molar-refractivity contribution is -0.121. The molecule has 0 aliphatic heterocycles. The summed E-state index contributed by atoms with van der Waals surface area (Å²) >= 11 is 0. The van der Waals surface area contributed by atoms with Crippen molar-refractivity contribution in [2.45, 2.75) is 13.3 Å². The van der Waals surface area contributed by atoms with Crippen LogP contribution in [0, 0.1) is 24.5 Å². The molecule has 2 aromatic rings. The third-order valence-corrected chi connectivity index (χ3v) is 3.64. The number of hydrogen-bond acceptors (Lipinski definition) is 3. The maximum absolute atomic E-state index is 13.8. The Labute approximate surface area is 137 Å². The van der Waals surface area contributed by atoms with Gasteiger partial charge in [-0.1, -0.05) is 0 Å². The normalized spacial score (nSPS) is 12.0. The Bertz CT molecular complexity index is 773. The highest BCUT2D eigenvalue weighted by Crippen LogP contribution is 2.14. The number of nitrogens with one attached hydrogen (secondary N) is 1. The number of carbonyl (C=O) groups excluding carboxylic acids is 2. The van der Waals surface area contributed by atoms with Crippen LogP contribution in [0.4, 0.5) is 8.78 Å². The van der Waals surface area contributed by atoms with Gasteiger partial charge in [-0.05, 0) is 36.6 Å². The molecule has 0 aliphatic carbocycles. The van der Waals surface area contributed by atoms with Gasteiger partial charge in [0.25, 0.3) is 5.91 Å². The number of hydrogen-bond donors (Lipinski definition) is 2. The van der Waals surface area contributed by atoms with Crippen LogP contribution in [0.1, 0.15) is 21.5 Å². The fraction of sp³-hybridized carbons (Fsp3) is 0.312. The van der Waals surface area contributed by atoms with Gasteiger partial charge in [-0.15, -0.1) is 0 Å². The summed E-state index contributed by atoms with van der Waals surface area (Å²) in [6, 6.07) is 1.78. The smallest absolute Gasteiger partial charge is 0.254 e. The highest BCUT2D eigenvalue weighted by Gasteiger charge is 2.20. The van der Waals surface area contributed by atoms with Gasteiger partial charge in [0, 0.05) is 19.8 Å². The van der Waals surface area contributed by atoms with E-state index in [2.05, 4.69) is 10.4 Å². The minimum absolute atomic E-state index is 0.0853. The van der Waals surface area contributed by atoms with Gasteiger partial charge in [-0.25, -0.2) is 8.78 Å². The van der Waals surface area contributed by atoms with Crippen molar-refractivity contribution in [3.05, 3.63) is 52.9 Å². The van der Waals surface area contributed by atoms with Crippen LogP contribution >= 0.6 is 0 Å². The van der Waals surface area contributed by atoms with Gasteiger partial charge < -0.3 is 11.1 Å². The molecule has 2 rings (SSSR count). The quantitative estimate of drug-likeness (QED) is 0.827. The van der Waals surface area contributed by atoms with E-state index in [1.807, 2.05) is 0 Å². The van der Waals surface area contributed by atoms with Gasteiger partial charge >= 0.3 is 0 Å². The average Bonchev–Trinajstić information content (AvgIpc) is 2.91. The molecule has 1 aromatic carbocycles. The lowest BCUT2D eigenvalue weighted by atomic mass is 10.0. The molecule has 0 saturated heterocycles. The SMILES string of the molecule is Cc1cc(F)c(C(=O)NCC(Cc2cnn(C)c2)C(N)=O)cc1F. The standard InChI is InChI=1S/C16H18F2N4O2/c1-9-3-14(18)12(5-13(9)17)16(24)20-7-11(15(19)23)4-10-6-21-22(2)8-10/h3,5-6,8,11H,4,7H2,1-2H3,(H2,19,23)(H,20,24). The summed E-state index contributed by atoms with van der Waals surface area (Å²) in [5.74, 6) is -3.59. The number of halogens is 2. The van der Waals surface area contributed by atoms with E-state index in [1.54, 1.807) is 24.1 Å². The number of aromatic nitrogens is 2. The van der Waals surface area contributed by atoms with Crippen LogP contribution in [0.2, 0.25) is 0 Å². The molecule has 0 saturated carbocycles. The van der Waals surface area contributed by atoms with Crippen molar-refractivity contribution in [1.29, 1.82) is 0 Å². The molecular formula is C16H18F2N4O2. The Balaban J connectivity index is 2.05. The lowest BCUT2D eigenvalue weighted by Crippen LogP contribution is -2.37. The van der Waals surface area contributed by atoms with Crippen molar-refractivity contribution >= 4 is 11.8 Å². The van der Waals surface area contributed by atoms with Gasteiger partial charge in [0.15, 0.2) is 0 Å². The van der Waals surface area contributed by atoms with Crippen LogP contribution in [-0.2, 0) is 18.3 Å². The number of benzene rings is 1. The molecule has 1 atom stereocenters. The molecule has 128 valence electrons. The van der Waals surface area contributed by atoms with Crippen molar-refractivity contribution in [3.8, 4) is 0 Å². The number of carbonyl (C=O) groups is 2. The van der Waals surface area contributed by atoms with Gasteiger partial charge in [0.2, 0.25) is 5.91 Å². The first-order valence-corrected chi connectivity index (χ1v) is 7.28.